The Kier molecular flexibility index (Phi) is 5.76. The molecule has 0 bridgehead atoms. The number of esters is 1. The Morgan fingerprint density at radius 2 is 1.81 bits per heavy atom. The average Bonchev–Trinajstić information content (AvgIpc) is 2.81. The second-order valence-electron chi connectivity index (χ2n) is 6.98. The fourth-order valence-electron chi connectivity index (χ4n) is 3.32. The summed E-state index contributed by atoms with van der Waals surface area (Å²) >= 11 is 0. The minimum absolute atomic E-state index is 0.0754. The number of rotatable bonds is 5. The van der Waals surface area contributed by atoms with Gasteiger partial charge in [0.15, 0.2) is 0 Å². The van der Waals surface area contributed by atoms with E-state index in [9.17, 15) is 18.8 Å². The monoisotopic (exact) mass is 431 g/mol. The minimum Gasteiger partial charge on any atom is -0.465 e. The Bertz CT molecular complexity index is 1380. The van der Waals surface area contributed by atoms with E-state index in [2.05, 4.69) is 15.0 Å². The largest absolute Gasteiger partial charge is 0.465 e. The highest BCUT2D eigenvalue weighted by molar-refractivity contribution is 6.05. The van der Waals surface area contributed by atoms with E-state index in [1.165, 1.54) is 54.3 Å². The highest BCUT2D eigenvalue weighted by Gasteiger charge is 2.18. The molecule has 8 heteroatoms. The summed E-state index contributed by atoms with van der Waals surface area (Å²) in [7, 11) is 1.28. The van der Waals surface area contributed by atoms with Crippen molar-refractivity contribution >= 4 is 28.6 Å². The van der Waals surface area contributed by atoms with Crippen LogP contribution >= 0.6 is 0 Å². The molecular formula is C24H18FN3O4. The lowest BCUT2D eigenvalue weighted by atomic mass is 10.1. The number of aromatic nitrogens is 2. The normalized spacial score (nSPS) is 10.7. The molecule has 1 amide bonds. The fraction of sp³-hybridized carbons (Fsp3) is 0.0833. The Morgan fingerprint density at radius 3 is 2.53 bits per heavy atom. The zero-order valence-corrected chi connectivity index (χ0v) is 17.0. The third kappa shape index (κ3) is 4.11. The SMILES string of the molecule is COC(=O)c1ccc(NC(=O)c2cc3cccnc3n(Cc3ccccc3F)c2=O)cc1. The molecule has 32 heavy (non-hydrogen) atoms. The van der Waals surface area contributed by atoms with Crippen molar-refractivity contribution in [3.05, 3.63) is 106 Å². The number of carbonyl (C=O) groups is 2. The Labute approximate surface area is 182 Å². The first-order chi connectivity index (χ1) is 15.5. The number of carbonyl (C=O) groups excluding carboxylic acids is 2. The lowest BCUT2D eigenvalue weighted by Crippen LogP contribution is -2.30. The van der Waals surface area contributed by atoms with Crippen LogP contribution in [0.3, 0.4) is 0 Å². The van der Waals surface area contributed by atoms with Gasteiger partial charge in [-0.1, -0.05) is 18.2 Å². The van der Waals surface area contributed by atoms with Crippen molar-refractivity contribution < 1.29 is 18.7 Å². The number of pyridine rings is 2. The maximum absolute atomic E-state index is 14.2. The number of benzene rings is 2. The van der Waals surface area contributed by atoms with E-state index >= 15 is 0 Å². The van der Waals surface area contributed by atoms with Gasteiger partial charge in [-0.3, -0.25) is 14.2 Å². The topological polar surface area (TPSA) is 90.3 Å². The lowest BCUT2D eigenvalue weighted by molar-refractivity contribution is 0.0600. The molecule has 0 radical (unpaired) electrons. The van der Waals surface area contributed by atoms with Crippen molar-refractivity contribution in [1.29, 1.82) is 0 Å². The molecule has 0 unspecified atom stereocenters. The van der Waals surface area contributed by atoms with Crippen molar-refractivity contribution in [1.82, 2.24) is 9.55 Å². The summed E-state index contributed by atoms with van der Waals surface area (Å²) in [5.41, 5.74) is 0.669. The average molecular weight is 431 g/mol. The predicted octanol–water partition coefficient (Wildman–Crippen LogP) is 3.62. The maximum atomic E-state index is 14.2. The molecule has 2 aromatic heterocycles. The van der Waals surface area contributed by atoms with E-state index < -0.39 is 23.3 Å². The number of nitrogens with zero attached hydrogens (tertiary/aromatic N) is 2. The smallest absolute Gasteiger partial charge is 0.337 e. The molecule has 0 saturated heterocycles. The number of fused-ring (bicyclic) bond motifs is 1. The quantitative estimate of drug-likeness (QED) is 0.488. The molecule has 7 nitrogen and oxygen atoms in total. The standard InChI is InChI=1S/C24H18FN3O4/c1-32-24(31)15-8-10-18(11-9-15)27-22(29)19-13-16-6-4-12-26-21(16)28(23(19)30)14-17-5-2-3-7-20(17)25/h2-13H,14H2,1H3,(H,27,29). The molecule has 0 fully saturated rings. The Balaban J connectivity index is 1.72. The summed E-state index contributed by atoms with van der Waals surface area (Å²) in [6.45, 7) is -0.0754. The van der Waals surface area contributed by atoms with Crippen LogP contribution in [0.15, 0.2) is 77.7 Å². The van der Waals surface area contributed by atoms with E-state index in [-0.39, 0.29) is 12.1 Å². The molecule has 160 valence electrons. The van der Waals surface area contributed by atoms with Gasteiger partial charge in [-0.05, 0) is 48.5 Å². The van der Waals surface area contributed by atoms with Gasteiger partial charge in [0.25, 0.3) is 11.5 Å². The second kappa shape index (κ2) is 8.81. The summed E-state index contributed by atoms with van der Waals surface area (Å²) in [5.74, 6) is -1.58. The van der Waals surface area contributed by atoms with Crippen molar-refractivity contribution in [3.63, 3.8) is 0 Å². The van der Waals surface area contributed by atoms with Gasteiger partial charge in [-0.25, -0.2) is 14.2 Å². The first kappa shape index (κ1) is 20.9. The van der Waals surface area contributed by atoms with Gasteiger partial charge in [-0.15, -0.1) is 0 Å². The van der Waals surface area contributed by atoms with Crippen molar-refractivity contribution in [2.24, 2.45) is 0 Å². The highest BCUT2D eigenvalue weighted by Crippen LogP contribution is 2.16. The van der Waals surface area contributed by atoms with Gasteiger partial charge in [-0.2, -0.15) is 0 Å². The van der Waals surface area contributed by atoms with Gasteiger partial charge < -0.3 is 10.1 Å². The van der Waals surface area contributed by atoms with E-state index in [0.717, 1.165) is 0 Å². The molecule has 4 aromatic rings. The van der Waals surface area contributed by atoms with Gasteiger partial charge in [0.05, 0.1) is 19.2 Å². The van der Waals surface area contributed by atoms with Gasteiger partial charge in [0.1, 0.15) is 17.0 Å². The lowest BCUT2D eigenvalue weighted by Gasteiger charge is -2.13. The zero-order valence-electron chi connectivity index (χ0n) is 17.0. The number of amides is 1. The molecule has 2 aromatic carbocycles. The molecular weight excluding hydrogens is 413 g/mol. The minimum atomic E-state index is -0.631. The van der Waals surface area contributed by atoms with Crippen LogP contribution in [0.1, 0.15) is 26.3 Å². The summed E-state index contributed by atoms with van der Waals surface area (Å²) in [5, 5.41) is 3.22. The summed E-state index contributed by atoms with van der Waals surface area (Å²) < 4.78 is 20.2. The van der Waals surface area contributed by atoms with Crippen molar-refractivity contribution in [2.45, 2.75) is 6.54 Å². The Morgan fingerprint density at radius 1 is 1.06 bits per heavy atom. The van der Waals surface area contributed by atoms with Crippen LogP contribution in [-0.2, 0) is 11.3 Å². The Hall–Kier alpha value is -4.33. The van der Waals surface area contributed by atoms with Gasteiger partial charge >= 0.3 is 5.97 Å². The molecule has 4 rings (SSSR count). The molecule has 0 spiro atoms. The summed E-state index contributed by atoms with van der Waals surface area (Å²) in [4.78, 5) is 41.9. The van der Waals surface area contributed by atoms with Crippen LogP contribution in [0.25, 0.3) is 11.0 Å². The van der Waals surface area contributed by atoms with Crippen LogP contribution < -0.4 is 10.9 Å². The maximum Gasteiger partial charge on any atom is 0.337 e. The van der Waals surface area contributed by atoms with Crippen LogP contribution in [0.4, 0.5) is 10.1 Å². The van der Waals surface area contributed by atoms with E-state index in [4.69, 9.17) is 0 Å². The summed E-state index contributed by atoms with van der Waals surface area (Å²) in [6.07, 6.45) is 1.53. The predicted molar refractivity (Wildman–Crippen MR) is 117 cm³/mol. The van der Waals surface area contributed by atoms with E-state index in [1.807, 2.05) is 0 Å². The van der Waals surface area contributed by atoms with Crippen LogP contribution in [0, 0.1) is 5.82 Å². The molecule has 0 atom stereocenters. The van der Waals surface area contributed by atoms with Crippen LogP contribution in [-0.4, -0.2) is 28.5 Å². The second-order valence-corrected chi connectivity index (χ2v) is 6.98. The number of hydrogen-bond acceptors (Lipinski definition) is 5. The van der Waals surface area contributed by atoms with E-state index in [0.29, 0.717) is 27.8 Å². The first-order valence-corrected chi connectivity index (χ1v) is 9.69. The number of ether oxygens (including phenoxy) is 1. The third-order valence-corrected chi connectivity index (χ3v) is 4.94. The molecule has 0 aliphatic rings. The summed E-state index contributed by atoms with van der Waals surface area (Å²) in [6, 6.07) is 17.1. The number of hydrogen-bond donors (Lipinski definition) is 1. The fourth-order valence-corrected chi connectivity index (χ4v) is 3.32. The number of nitrogens with one attached hydrogen (secondary N) is 1. The van der Waals surface area contributed by atoms with Crippen LogP contribution in [0.2, 0.25) is 0 Å². The van der Waals surface area contributed by atoms with Gasteiger partial charge in [0.2, 0.25) is 0 Å². The van der Waals surface area contributed by atoms with Crippen molar-refractivity contribution in [3.8, 4) is 0 Å². The first-order valence-electron chi connectivity index (χ1n) is 9.69. The molecule has 1 N–H and O–H groups in total. The molecule has 0 saturated carbocycles. The molecule has 2 heterocycles. The molecule has 0 aliphatic heterocycles. The number of methoxy groups -OCH3 is 1. The van der Waals surface area contributed by atoms with Gasteiger partial charge in [0, 0.05) is 22.8 Å². The third-order valence-electron chi connectivity index (χ3n) is 4.94. The molecule has 0 aliphatic carbocycles. The number of anilines is 1. The van der Waals surface area contributed by atoms with Crippen LogP contribution in [0.5, 0.6) is 0 Å². The number of halogens is 1. The van der Waals surface area contributed by atoms with E-state index in [1.54, 1.807) is 30.3 Å². The highest BCUT2D eigenvalue weighted by atomic mass is 19.1. The van der Waals surface area contributed by atoms with Crippen molar-refractivity contribution in [2.75, 3.05) is 12.4 Å². The zero-order chi connectivity index (χ0) is 22.7.